The van der Waals surface area contributed by atoms with E-state index in [0.717, 1.165) is 72.0 Å². The van der Waals surface area contributed by atoms with Crippen LogP contribution in [0, 0.1) is 0 Å². The molecule has 0 unspecified atom stereocenters. The maximum Gasteiger partial charge on any atom is 0.203 e. The number of unbranched alkanes of at least 4 members (excludes halogenated alkanes) is 9. The zero-order valence-electron chi connectivity index (χ0n) is 23.8. The second-order valence-electron chi connectivity index (χ2n) is 9.91. The smallest absolute Gasteiger partial charge is 0.203 e. The number of nitrogens with one attached hydrogen (secondary N) is 1. The first-order chi connectivity index (χ1) is 18.8. The Labute approximate surface area is 229 Å². The molecule has 3 rings (SSSR count). The molecule has 0 amide bonds. The lowest BCUT2D eigenvalue weighted by Crippen LogP contribution is -2.06. The van der Waals surface area contributed by atoms with Crippen LogP contribution in [0.4, 0.5) is 0 Å². The molecule has 3 aromatic rings. The van der Waals surface area contributed by atoms with Crippen LogP contribution in [-0.4, -0.2) is 35.0 Å². The van der Waals surface area contributed by atoms with Gasteiger partial charge in [0, 0.05) is 11.8 Å². The van der Waals surface area contributed by atoms with Crippen molar-refractivity contribution in [3.8, 4) is 39.9 Å². The van der Waals surface area contributed by atoms with Gasteiger partial charge in [-0.15, -0.1) is 0 Å². The standard InChI is InChI=1S/C32H47N3O3/c1-4-7-10-15-20-36-30-23-26(28-25-29(35-34-28)27-18-13-14-19-33-27)24-31(37-21-16-11-8-5-2)32(30)38-22-17-12-9-6-3/h13-14,18-19,23-25H,4-12,15-17,20-22H2,1-3H3,(H,34,35). The Kier molecular flexibility index (Phi) is 13.6. The molecular formula is C32H47N3O3. The average molecular weight is 522 g/mol. The van der Waals surface area contributed by atoms with Crippen LogP contribution in [0.1, 0.15) is 97.8 Å². The highest BCUT2D eigenvalue weighted by Crippen LogP contribution is 2.42. The molecule has 0 bridgehead atoms. The van der Waals surface area contributed by atoms with Crippen molar-refractivity contribution in [2.24, 2.45) is 0 Å². The van der Waals surface area contributed by atoms with Crippen LogP contribution in [0.3, 0.4) is 0 Å². The Morgan fingerprint density at radius 1 is 0.632 bits per heavy atom. The maximum absolute atomic E-state index is 6.35. The highest BCUT2D eigenvalue weighted by molar-refractivity contribution is 5.71. The van der Waals surface area contributed by atoms with Gasteiger partial charge in [-0.2, -0.15) is 5.10 Å². The van der Waals surface area contributed by atoms with Gasteiger partial charge in [0.25, 0.3) is 0 Å². The third-order valence-corrected chi connectivity index (χ3v) is 6.59. The quantitative estimate of drug-likeness (QED) is 0.150. The van der Waals surface area contributed by atoms with Gasteiger partial charge >= 0.3 is 0 Å². The molecule has 0 radical (unpaired) electrons. The lowest BCUT2D eigenvalue weighted by Gasteiger charge is -2.18. The van der Waals surface area contributed by atoms with Gasteiger partial charge in [0.1, 0.15) is 0 Å². The van der Waals surface area contributed by atoms with E-state index in [1.165, 1.54) is 44.9 Å². The molecule has 0 spiro atoms. The molecule has 208 valence electrons. The highest BCUT2D eigenvalue weighted by Gasteiger charge is 2.18. The van der Waals surface area contributed by atoms with Gasteiger partial charge in [0.2, 0.25) is 5.75 Å². The minimum absolute atomic E-state index is 0.657. The average Bonchev–Trinajstić information content (AvgIpc) is 3.44. The van der Waals surface area contributed by atoms with Crippen LogP contribution in [-0.2, 0) is 0 Å². The molecule has 38 heavy (non-hydrogen) atoms. The predicted octanol–water partition coefficient (Wildman–Crippen LogP) is 9.02. The summed E-state index contributed by atoms with van der Waals surface area (Å²) in [7, 11) is 0. The van der Waals surface area contributed by atoms with E-state index in [0.29, 0.717) is 19.8 Å². The van der Waals surface area contributed by atoms with Gasteiger partial charge in [-0.1, -0.05) is 84.6 Å². The summed E-state index contributed by atoms with van der Waals surface area (Å²) in [5, 5.41) is 7.73. The van der Waals surface area contributed by atoms with Crippen molar-refractivity contribution in [2.75, 3.05) is 19.8 Å². The number of aromatic amines is 1. The lowest BCUT2D eigenvalue weighted by molar-refractivity contribution is 0.234. The van der Waals surface area contributed by atoms with Crippen molar-refractivity contribution >= 4 is 0 Å². The van der Waals surface area contributed by atoms with Crippen molar-refractivity contribution in [3.63, 3.8) is 0 Å². The van der Waals surface area contributed by atoms with E-state index >= 15 is 0 Å². The molecule has 0 fully saturated rings. The zero-order chi connectivity index (χ0) is 26.8. The van der Waals surface area contributed by atoms with Crippen molar-refractivity contribution in [1.82, 2.24) is 15.2 Å². The van der Waals surface area contributed by atoms with E-state index in [1.54, 1.807) is 6.20 Å². The second-order valence-corrected chi connectivity index (χ2v) is 9.91. The number of nitrogens with zero attached hydrogens (tertiary/aromatic N) is 2. The number of benzene rings is 1. The monoisotopic (exact) mass is 521 g/mol. The number of ether oxygens (including phenoxy) is 3. The molecule has 1 aromatic carbocycles. The van der Waals surface area contributed by atoms with Gasteiger partial charge in [0.05, 0.1) is 36.9 Å². The van der Waals surface area contributed by atoms with Crippen LogP contribution >= 0.6 is 0 Å². The Bertz CT molecular complexity index is 1000. The van der Waals surface area contributed by atoms with E-state index in [-0.39, 0.29) is 0 Å². The fourth-order valence-electron chi connectivity index (χ4n) is 4.33. The first-order valence-electron chi connectivity index (χ1n) is 14.8. The number of aromatic nitrogens is 3. The Morgan fingerprint density at radius 3 is 1.74 bits per heavy atom. The summed E-state index contributed by atoms with van der Waals surface area (Å²) < 4.78 is 19.0. The van der Waals surface area contributed by atoms with Gasteiger partial charge < -0.3 is 14.2 Å². The molecule has 6 nitrogen and oxygen atoms in total. The maximum atomic E-state index is 6.35. The molecular weight excluding hydrogens is 474 g/mol. The zero-order valence-corrected chi connectivity index (χ0v) is 23.8. The minimum Gasteiger partial charge on any atom is -0.490 e. The summed E-state index contributed by atoms with van der Waals surface area (Å²) in [6.07, 6.45) is 15.6. The molecule has 1 N–H and O–H groups in total. The van der Waals surface area contributed by atoms with E-state index in [2.05, 4.69) is 36.0 Å². The summed E-state index contributed by atoms with van der Waals surface area (Å²) >= 11 is 0. The normalized spacial score (nSPS) is 11.0. The van der Waals surface area contributed by atoms with Crippen LogP contribution in [0.15, 0.2) is 42.6 Å². The first kappa shape index (κ1) is 29.5. The Morgan fingerprint density at radius 2 is 1.21 bits per heavy atom. The van der Waals surface area contributed by atoms with Gasteiger partial charge in [-0.3, -0.25) is 10.1 Å². The first-order valence-corrected chi connectivity index (χ1v) is 14.8. The van der Waals surface area contributed by atoms with Gasteiger partial charge in [-0.05, 0) is 49.6 Å². The van der Waals surface area contributed by atoms with Gasteiger partial charge in [-0.25, -0.2) is 0 Å². The molecule has 6 heteroatoms. The molecule has 2 aromatic heterocycles. The third kappa shape index (κ3) is 9.70. The summed E-state index contributed by atoms with van der Waals surface area (Å²) in [5.41, 5.74) is 3.50. The molecule has 2 heterocycles. The van der Waals surface area contributed by atoms with Crippen LogP contribution < -0.4 is 14.2 Å². The number of hydrogen-bond acceptors (Lipinski definition) is 5. The third-order valence-electron chi connectivity index (χ3n) is 6.59. The topological polar surface area (TPSA) is 69.3 Å². The number of H-pyrrole nitrogens is 1. The molecule has 0 aliphatic rings. The van der Waals surface area contributed by atoms with E-state index in [4.69, 9.17) is 14.2 Å². The SMILES string of the molecule is CCCCCCOc1cc(-c2cc(-c3ccccn3)[nH]n2)cc(OCCCCCC)c1OCCCCCC. The van der Waals surface area contributed by atoms with E-state index < -0.39 is 0 Å². The summed E-state index contributed by atoms with van der Waals surface area (Å²) in [5.74, 6) is 2.19. The lowest BCUT2D eigenvalue weighted by atomic mass is 10.1. The van der Waals surface area contributed by atoms with E-state index in [1.807, 2.05) is 36.4 Å². The summed E-state index contributed by atoms with van der Waals surface area (Å²) in [4.78, 5) is 4.45. The van der Waals surface area contributed by atoms with Crippen molar-refractivity contribution in [3.05, 3.63) is 42.6 Å². The van der Waals surface area contributed by atoms with E-state index in [9.17, 15) is 0 Å². The minimum atomic E-state index is 0.657. The highest BCUT2D eigenvalue weighted by atomic mass is 16.5. The molecule has 0 aliphatic carbocycles. The fourth-order valence-corrected chi connectivity index (χ4v) is 4.33. The molecule has 0 atom stereocenters. The number of hydrogen-bond donors (Lipinski definition) is 1. The van der Waals surface area contributed by atoms with Crippen LogP contribution in [0.2, 0.25) is 0 Å². The number of pyridine rings is 1. The summed E-state index contributed by atoms with van der Waals surface area (Å²) in [6, 6.07) is 12.0. The van der Waals surface area contributed by atoms with Crippen LogP contribution in [0.5, 0.6) is 17.2 Å². The van der Waals surface area contributed by atoms with Crippen molar-refractivity contribution in [1.29, 1.82) is 0 Å². The Balaban J connectivity index is 1.87. The molecule has 0 aliphatic heterocycles. The van der Waals surface area contributed by atoms with Crippen LogP contribution in [0.25, 0.3) is 22.6 Å². The number of rotatable bonds is 20. The fraction of sp³-hybridized carbons (Fsp3) is 0.562. The Hall–Kier alpha value is -3.02. The predicted molar refractivity (Wildman–Crippen MR) is 156 cm³/mol. The van der Waals surface area contributed by atoms with Crippen molar-refractivity contribution in [2.45, 2.75) is 97.8 Å². The largest absolute Gasteiger partial charge is 0.490 e. The molecule has 0 saturated heterocycles. The molecule has 0 saturated carbocycles. The second kappa shape index (κ2) is 17.5. The van der Waals surface area contributed by atoms with Gasteiger partial charge in [0.15, 0.2) is 11.5 Å². The van der Waals surface area contributed by atoms with Crippen molar-refractivity contribution < 1.29 is 14.2 Å². The summed E-state index contributed by atoms with van der Waals surface area (Å²) in [6.45, 7) is 8.65.